The normalized spacial score (nSPS) is 21.5. The zero-order valence-electron chi connectivity index (χ0n) is 12.8. The first-order chi connectivity index (χ1) is 10.7. The molecule has 0 saturated heterocycles. The molecule has 1 saturated carbocycles. The van der Waals surface area contributed by atoms with Crippen molar-refractivity contribution < 1.29 is 0 Å². The fourth-order valence-corrected chi connectivity index (χ4v) is 3.20. The molecule has 0 aliphatic heterocycles. The van der Waals surface area contributed by atoms with Crippen LogP contribution in [0.15, 0.2) is 18.3 Å². The van der Waals surface area contributed by atoms with Crippen molar-refractivity contribution in [3.63, 3.8) is 0 Å². The van der Waals surface area contributed by atoms with Gasteiger partial charge < -0.3 is 5.73 Å². The molecule has 0 amide bonds. The molecule has 1 aliphatic carbocycles. The zero-order chi connectivity index (χ0) is 15.5. The van der Waals surface area contributed by atoms with Crippen molar-refractivity contribution in [3.8, 4) is 17.3 Å². The third-order valence-electron chi connectivity index (χ3n) is 4.54. The lowest BCUT2D eigenvalue weighted by Crippen LogP contribution is -2.26. The maximum absolute atomic E-state index is 9.61. The number of nitrogens with zero attached hydrogens (tertiary/aromatic N) is 3. The Bertz CT molecular complexity index is 689. The summed E-state index contributed by atoms with van der Waals surface area (Å²) in [6, 6.07) is 6.57. The summed E-state index contributed by atoms with van der Waals surface area (Å²) in [5.74, 6) is 0.364. The summed E-state index contributed by atoms with van der Waals surface area (Å²) in [4.78, 5) is 4.31. The molecule has 3 rings (SSSR count). The van der Waals surface area contributed by atoms with Gasteiger partial charge in [0.15, 0.2) is 0 Å². The largest absolute Gasteiger partial charge is 0.328 e. The number of pyridine rings is 1. The van der Waals surface area contributed by atoms with Crippen molar-refractivity contribution in [3.05, 3.63) is 35.3 Å². The van der Waals surface area contributed by atoms with Gasteiger partial charge in [0.2, 0.25) is 0 Å². The smallest absolute Gasteiger partial charge is 0.110 e. The number of aromatic nitrogens is 3. The van der Waals surface area contributed by atoms with Gasteiger partial charge >= 0.3 is 0 Å². The van der Waals surface area contributed by atoms with E-state index in [0.717, 1.165) is 54.7 Å². The van der Waals surface area contributed by atoms with Gasteiger partial charge in [0, 0.05) is 29.4 Å². The number of H-pyrrole nitrogens is 1. The number of rotatable bonds is 3. The Morgan fingerprint density at radius 2 is 2.14 bits per heavy atom. The summed E-state index contributed by atoms with van der Waals surface area (Å²) in [6.45, 7) is 2.07. The number of aryl methyl sites for hydroxylation is 1. The van der Waals surface area contributed by atoms with Crippen molar-refractivity contribution in [2.75, 3.05) is 0 Å². The standard InChI is InChI=1S/C17H21N5/c1-2-14-9-12(7-8-20-14)17-15(10-18)16(21-22-17)11-3-5-13(19)6-4-11/h7-9,11,13H,2-6,19H2,1H3,(H,21,22). The molecule has 0 radical (unpaired) electrons. The third-order valence-corrected chi connectivity index (χ3v) is 4.54. The molecule has 0 spiro atoms. The van der Waals surface area contributed by atoms with E-state index in [0.29, 0.717) is 17.5 Å². The van der Waals surface area contributed by atoms with Crippen molar-refractivity contribution in [1.29, 1.82) is 5.26 Å². The maximum atomic E-state index is 9.61. The van der Waals surface area contributed by atoms with Crippen LogP contribution in [0.1, 0.15) is 55.5 Å². The van der Waals surface area contributed by atoms with Crippen LogP contribution in [-0.2, 0) is 6.42 Å². The molecule has 1 fully saturated rings. The Hall–Kier alpha value is -2.19. The molecule has 5 heteroatoms. The molecule has 2 aromatic rings. The molecule has 114 valence electrons. The van der Waals surface area contributed by atoms with Gasteiger partial charge in [-0.3, -0.25) is 10.1 Å². The van der Waals surface area contributed by atoms with Crippen LogP contribution in [0, 0.1) is 11.3 Å². The Labute approximate surface area is 130 Å². The van der Waals surface area contributed by atoms with E-state index in [9.17, 15) is 5.26 Å². The first kappa shape index (κ1) is 14.7. The second-order valence-corrected chi connectivity index (χ2v) is 5.97. The molecule has 0 unspecified atom stereocenters. The fraction of sp³-hybridized carbons (Fsp3) is 0.471. The first-order valence-electron chi connectivity index (χ1n) is 7.92. The van der Waals surface area contributed by atoms with Crippen LogP contribution in [0.3, 0.4) is 0 Å². The van der Waals surface area contributed by atoms with E-state index >= 15 is 0 Å². The number of hydrogen-bond acceptors (Lipinski definition) is 4. The highest BCUT2D eigenvalue weighted by atomic mass is 15.1. The maximum Gasteiger partial charge on any atom is 0.110 e. The molecule has 0 atom stereocenters. The van der Waals surface area contributed by atoms with E-state index in [2.05, 4.69) is 28.2 Å². The van der Waals surface area contributed by atoms with Gasteiger partial charge in [-0.05, 0) is 44.2 Å². The highest BCUT2D eigenvalue weighted by Gasteiger charge is 2.26. The second kappa shape index (κ2) is 6.29. The number of nitrogens with one attached hydrogen (secondary N) is 1. The van der Waals surface area contributed by atoms with Crippen LogP contribution in [0.4, 0.5) is 0 Å². The van der Waals surface area contributed by atoms with E-state index in [4.69, 9.17) is 5.73 Å². The average molecular weight is 295 g/mol. The van der Waals surface area contributed by atoms with Crippen molar-refractivity contribution in [2.45, 2.75) is 51.0 Å². The van der Waals surface area contributed by atoms with Crippen LogP contribution in [0.2, 0.25) is 0 Å². The lowest BCUT2D eigenvalue weighted by atomic mass is 9.83. The molecule has 0 bridgehead atoms. The molecule has 2 aromatic heterocycles. The second-order valence-electron chi connectivity index (χ2n) is 5.97. The highest BCUT2D eigenvalue weighted by Crippen LogP contribution is 2.35. The van der Waals surface area contributed by atoms with E-state index in [1.165, 1.54) is 0 Å². The van der Waals surface area contributed by atoms with Gasteiger partial charge in [0.25, 0.3) is 0 Å². The van der Waals surface area contributed by atoms with Crippen LogP contribution in [0.25, 0.3) is 11.3 Å². The van der Waals surface area contributed by atoms with Gasteiger partial charge in [0.1, 0.15) is 17.3 Å². The average Bonchev–Trinajstić information content (AvgIpc) is 2.99. The van der Waals surface area contributed by atoms with Crippen LogP contribution < -0.4 is 5.73 Å². The van der Waals surface area contributed by atoms with Gasteiger partial charge in [-0.2, -0.15) is 10.4 Å². The minimum absolute atomic E-state index is 0.302. The quantitative estimate of drug-likeness (QED) is 0.910. The van der Waals surface area contributed by atoms with E-state index in [-0.39, 0.29) is 0 Å². The fourth-order valence-electron chi connectivity index (χ4n) is 3.20. The molecule has 1 aliphatic rings. The Kier molecular flexibility index (Phi) is 4.21. The summed E-state index contributed by atoms with van der Waals surface area (Å²) < 4.78 is 0. The minimum Gasteiger partial charge on any atom is -0.328 e. The summed E-state index contributed by atoms with van der Waals surface area (Å²) in [6.07, 6.45) is 6.72. The summed E-state index contributed by atoms with van der Waals surface area (Å²) in [5, 5.41) is 17.1. The summed E-state index contributed by atoms with van der Waals surface area (Å²) in [7, 11) is 0. The topological polar surface area (TPSA) is 91.4 Å². The van der Waals surface area contributed by atoms with Crippen LogP contribution in [0.5, 0.6) is 0 Å². The van der Waals surface area contributed by atoms with Gasteiger partial charge in [0.05, 0.1) is 5.69 Å². The monoisotopic (exact) mass is 295 g/mol. The van der Waals surface area contributed by atoms with Crippen LogP contribution in [-0.4, -0.2) is 21.2 Å². The molecule has 2 heterocycles. The Morgan fingerprint density at radius 1 is 1.36 bits per heavy atom. The molecular formula is C17H21N5. The predicted molar refractivity (Wildman–Crippen MR) is 85.1 cm³/mol. The molecule has 5 nitrogen and oxygen atoms in total. The molecular weight excluding hydrogens is 274 g/mol. The SMILES string of the molecule is CCc1cc(-c2n[nH]c(C3CCC(N)CC3)c2C#N)ccn1. The number of aromatic amines is 1. The summed E-state index contributed by atoms with van der Waals surface area (Å²) >= 11 is 0. The van der Waals surface area contributed by atoms with Crippen molar-refractivity contribution >= 4 is 0 Å². The number of nitriles is 1. The number of hydrogen-bond donors (Lipinski definition) is 2. The van der Waals surface area contributed by atoms with Gasteiger partial charge in [-0.15, -0.1) is 0 Å². The minimum atomic E-state index is 0.302. The Balaban J connectivity index is 1.95. The highest BCUT2D eigenvalue weighted by molar-refractivity contribution is 5.68. The summed E-state index contributed by atoms with van der Waals surface area (Å²) in [5.41, 5.74) is 10.3. The van der Waals surface area contributed by atoms with Crippen molar-refractivity contribution in [1.82, 2.24) is 15.2 Å². The predicted octanol–water partition coefficient (Wildman–Crippen LogP) is 2.89. The van der Waals surface area contributed by atoms with Crippen molar-refractivity contribution in [2.24, 2.45) is 5.73 Å². The zero-order valence-corrected chi connectivity index (χ0v) is 12.8. The first-order valence-corrected chi connectivity index (χ1v) is 7.92. The third kappa shape index (κ3) is 2.75. The van der Waals surface area contributed by atoms with E-state index in [1.807, 2.05) is 12.1 Å². The number of nitrogens with two attached hydrogens (primary N) is 1. The lowest BCUT2D eigenvalue weighted by Gasteiger charge is -2.25. The Morgan fingerprint density at radius 3 is 2.82 bits per heavy atom. The van der Waals surface area contributed by atoms with Gasteiger partial charge in [-0.1, -0.05) is 6.92 Å². The molecule has 0 aromatic carbocycles. The lowest BCUT2D eigenvalue weighted by molar-refractivity contribution is 0.390. The molecule has 3 N–H and O–H groups in total. The van der Waals surface area contributed by atoms with E-state index < -0.39 is 0 Å². The van der Waals surface area contributed by atoms with E-state index in [1.54, 1.807) is 6.20 Å². The van der Waals surface area contributed by atoms with Gasteiger partial charge in [-0.25, -0.2) is 0 Å². The molecule has 22 heavy (non-hydrogen) atoms. The van der Waals surface area contributed by atoms with Crippen LogP contribution >= 0.6 is 0 Å².